The molecule has 5 nitrogen and oxygen atoms in total. The summed E-state index contributed by atoms with van der Waals surface area (Å²) < 4.78 is 0. The molecule has 0 aliphatic carbocycles. The predicted molar refractivity (Wildman–Crippen MR) is 87.7 cm³/mol. The lowest BCUT2D eigenvalue weighted by atomic mass is 10.0. The lowest BCUT2D eigenvalue weighted by Crippen LogP contribution is -2.47. The molecule has 0 radical (unpaired) electrons. The van der Waals surface area contributed by atoms with Gasteiger partial charge in [0.2, 0.25) is 0 Å². The largest absolute Gasteiger partial charge is 0.388 e. The molecule has 1 amide bonds. The second-order valence-corrected chi connectivity index (χ2v) is 5.77. The van der Waals surface area contributed by atoms with Gasteiger partial charge in [0, 0.05) is 29.7 Å². The average Bonchev–Trinajstić information content (AvgIpc) is 2.53. The standard InChI is InChI=1S/C18H19N3O2/c1-13(18(2,3)23)21-17(22)16-7-6-15(12-20-16)5-4-14-8-10-19-11-9-14/h6-13,23H,1-3H3,(H,21,22)/t13-/m1/s1. The fourth-order valence-corrected chi connectivity index (χ4v) is 1.63. The van der Waals surface area contributed by atoms with Crippen LogP contribution in [0.4, 0.5) is 0 Å². The molecule has 5 heteroatoms. The molecule has 118 valence electrons. The number of amides is 1. The van der Waals surface area contributed by atoms with Crippen molar-refractivity contribution < 1.29 is 9.90 Å². The minimum absolute atomic E-state index is 0.288. The van der Waals surface area contributed by atoms with Crippen molar-refractivity contribution in [3.05, 3.63) is 59.7 Å². The monoisotopic (exact) mass is 309 g/mol. The molecular weight excluding hydrogens is 290 g/mol. The fraction of sp³-hybridized carbons (Fsp3) is 0.278. The zero-order valence-electron chi connectivity index (χ0n) is 13.4. The molecule has 0 saturated heterocycles. The van der Waals surface area contributed by atoms with Gasteiger partial charge in [-0.25, -0.2) is 4.98 Å². The molecule has 2 heterocycles. The Morgan fingerprint density at radius 3 is 2.39 bits per heavy atom. The van der Waals surface area contributed by atoms with Crippen molar-refractivity contribution in [2.75, 3.05) is 0 Å². The molecule has 2 rings (SSSR count). The number of hydrogen-bond donors (Lipinski definition) is 2. The summed E-state index contributed by atoms with van der Waals surface area (Å²) in [5.74, 6) is 5.65. The van der Waals surface area contributed by atoms with Gasteiger partial charge in [0.05, 0.1) is 11.6 Å². The molecular formula is C18H19N3O2. The number of carbonyl (C=O) groups excluding carboxylic acids is 1. The Hall–Kier alpha value is -2.71. The Balaban J connectivity index is 2.05. The second-order valence-electron chi connectivity index (χ2n) is 5.77. The van der Waals surface area contributed by atoms with Gasteiger partial charge in [-0.1, -0.05) is 11.8 Å². The number of nitrogens with zero attached hydrogens (tertiary/aromatic N) is 2. The van der Waals surface area contributed by atoms with Crippen LogP contribution in [0.25, 0.3) is 0 Å². The van der Waals surface area contributed by atoms with Crippen molar-refractivity contribution in [1.82, 2.24) is 15.3 Å². The van der Waals surface area contributed by atoms with Crippen LogP contribution >= 0.6 is 0 Å². The second kappa shape index (κ2) is 7.03. The quantitative estimate of drug-likeness (QED) is 0.847. The molecule has 2 aromatic heterocycles. The van der Waals surface area contributed by atoms with E-state index in [2.05, 4.69) is 27.1 Å². The molecule has 0 aliphatic rings. The first-order valence-electron chi connectivity index (χ1n) is 7.27. The Morgan fingerprint density at radius 1 is 1.17 bits per heavy atom. The van der Waals surface area contributed by atoms with Gasteiger partial charge < -0.3 is 10.4 Å². The highest BCUT2D eigenvalue weighted by Crippen LogP contribution is 2.08. The van der Waals surface area contributed by atoms with Crippen molar-refractivity contribution >= 4 is 5.91 Å². The Bertz CT molecular complexity index is 723. The molecule has 0 spiro atoms. The lowest BCUT2D eigenvalue weighted by molar-refractivity contribution is 0.0407. The zero-order chi connectivity index (χ0) is 16.9. The molecule has 0 bridgehead atoms. The van der Waals surface area contributed by atoms with E-state index >= 15 is 0 Å². The third-order valence-corrected chi connectivity index (χ3v) is 3.43. The highest BCUT2D eigenvalue weighted by Gasteiger charge is 2.24. The molecule has 1 atom stereocenters. The van der Waals surface area contributed by atoms with E-state index in [0.29, 0.717) is 5.56 Å². The van der Waals surface area contributed by atoms with Crippen LogP contribution in [0.2, 0.25) is 0 Å². The van der Waals surface area contributed by atoms with Crippen molar-refractivity contribution in [1.29, 1.82) is 0 Å². The first kappa shape index (κ1) is 16.7. The number of aromatic nitrogens is 2. The van der Waals surface area contributed by atoms with Gasteiger partial charge in [0.15, 0.2) is 0 Å². The topological polar surface area (TPSA) is 75.1 Å². The molecule has 0 aliphatic heterocycles. The van der Waals surface area contributed by atoms with E-state index in [-0.39, 0.29) is 17.6 Å². The highest BCUT2D eigenvalue weighted by molar-refractivity contribution is 5.92. The number of nitrogens with one attached hydrogen (secondary N) is 1. The van der Waals surface area contributed by atoms with E-state index < -0.39 is 5.60 Å². The molecule has 0 aromatic carbocycles. The van der Waals surface area contributed by atoms with Crippen LogP contribution in [-0.2, 0) is 0 Å². The first-order valence-corrected chi connectivity index (χ1v) is 7.27. The number of aliphatic hydroxyl groups is 1. The summed E-state index contributed by atoms with van der Waals surface area (Å²) in [6.07, 6.45) is 4.91. The normalized spacial score (nSPS) is 12.0. The maximum Gasteiger partial charge on any atom is 0.270 e. The third-order valence-electron chi connectivity index (χ3n) is 3.43. The maximum absolute atomic E-state index is 12.1. The van der Waals surface area contributed by atoms with E-state index in [1.807, 2.05) is 12.1 Å². The van der Waals surface area contributed by atoms with Crippen molar-refractivity contribution in [3.8, 4) is 11.8 Å². The summed E-state index contributed by atoms with van der Waals surface area (Å²) in [6.45, 7) is 5.03. The zero-order valence-corrected chi connectivity index (χ0v) is 13.4. The van der Waals surface area contributed by atoms with Crippen LogP contribution in [0.5, 0.6) is 0 Å². The van der Waals surface area contributed by atoms with Crippen LogP contribution < -0.4 is 5.32 Å². The van der Waals surface area contributed by atoms with Crippen LogP contribution in [-0.4, -0.2) is 32.6 Å². The number of hydrogen-bond acceptors (Lipinski definition) is 4. The van der Waals surface area contributed by atoms with Crippen molar-refractivity contribution in [2.45, 2.75) is 32.4 Å². The molecule has 2 N–H and O–H groups in total. The fourth-order valence-electron chi connectivity index (χ4n) is 1.63. The lowest BCUT2D eigenvalue weighted by Gasteiger charge is -2.26. The van der Waals surface area contributed by atoms with Crippen LogP contribution in [0, 0.1) is 11.8 Å². The SMILES string of the molecule is C[C@@H](NC(=O)c1ccc(C#Cc2ccncc2)cn1)C(C)(C)O. The summed E-state index contributed by atoms with van der Waals surface area (Å²) in [7, 11) is 0. The van der Waals surface area contributed by atoms with Gasteiger partial charge in [-0.15, -0.1) is 0 Å². The van der Waals surface area contributed by atoms with E-state index in [1.54, 1.807) is 51.5 Å². The Morgan fingerprint density at radius 2 is 1.83 bits per heavy atom. The van der Waals surface area contributed by atoms with Gasteiger partial charge in [-0.05, 0) is 45.0 Å². The van der Waals surface area contributed by atoms with Crippen LogP contribution in [0.1, 0.15) is 42.4 Å². The molecule has 0 saturated carbocycles. The van der Waals surface area contributed by atoms with Crippen LogP contribution in [0.15, 0.2) is 42.9 Å². The highest BCUT2D eigenvalue weighted by atomic mass is 16.3. The maximum atomic E-state index is 12.1. The number of pyridine rings is 2. The van der Waals surface area contributed by atoms with Crippen LogP contribution in [0.3, 0.4) is 0 Å². The van der Waals surface area contributed by atoms with E-state index in [0.717, 1.165) is 5.56 Å². The smallest absolute Gasteiger partial charge is 0.270 e. The van der Waals surface area contributed by atoms with E-state index in [1.165, 1.54) is 0 Å². The van der Waals surface area contributed by atoms with Gasteiger partial charge >= 0.3 is 0 Å². The van der Waals surface area contributed by atoms with E-state index in [4.69, 9.17) is 0 Å². The Kier molecular flexibility index (Phi) is 5.09. The minimum Gasteiger partial charge on any atom is -0.388 e. The summed E-state index contributed by atoms with van der Waals surface area (Å²) in [6, 6.07) is 6.61. The summed E-state index contributed by atoms with van der Waals surface area (Å²) in [5.41, 5.74) is 0.872. The number of rotatable bonds is 3. The summed E-state index contributed by atoms with van der Waals surface area (Å²) in [4.78, 5) is 20.1. The third kappa shape index (κ3) is 4.90. The van der Waals surface area contributed by atoms with Gasteiger partial charge in [0.1, 0.15) is 5.69 Å². The van der Waals surface area contributed by atoms with Gasteiger partial charge in [-0.3, -0.25) is 9.78 Å². The molecule has 2 aromatic rings. The predicted octanol–water partition coefficient (Wildman–Crippen LogP) is 1.77. The van der Waals surface area contributed by atoms with Gasteiger partial charge in [0.25, 0.3) is 5.91 Å². The minimum atomic E-state index is -0.994. The molecule has 0 unspecified atom stereocenters. The summed E-state index contributed by atoms with van der Waals surface area (Å²) >= 11 is 0. The van der Waals surface area contributed by atoms with Gasteiger partial charge in [-0.2, -0.15) is 0 Å². The molecule has 23 heavy (non-hydrogen) atoms. The van der Waals surface area contributed by atoms with Crippen molar-refractivity contribution in [3.63, 3.8) is 0 Å². The first-order chi connectivity index (χ1) is 10.9. The molecule has 0 fully saturated rings. The summed E-state index contributed by atoms with van der Waals surface area (Å²) in [5, 5.41) is 12.6. The average molecular weight is 309 g/mol. The Labute approximate surface area is 135 Å². The van der Waals surface area contributed by atoms with E-state index in [9.17, 15) is 9.90 Å². The number of carbonyl (C=O) groups is 1. The van der Waals surface area contributed by atoms with Crippen molar-refractivity contribution in [2.24, 2.45) is 0 Å².